The van der Waals surface area contributed by atoms with Gasteiger partial charge in [0, 0.05) is 55.4 Å². The summed E-state index contributed by atoms with van der Waals surface area (Å²) >= 11 is 0. The third-order valence-corrected chi connectivity index (χ3v) is 10.9. The van der Waals surface area contributed by atoms with Crippen LogP contribution < -0.4 is 21.3 Å². The molecule has 0 aromatic heterocycles. The molecule has 3 rings (SSSR count). The van der Waals surface area contributed by atoms with E-state index in [-0.39, 0.29) is 6.61 Å². The van der Waals surface area contributed by atoms with Crippen molar-refractivity contribution in [2.45, 2.75) is 214 Å². The molecule has 30 heteroatoms. The number of ether oxygens (including phenoxy) is 13. The fourth-order valence-electron chi connectivity index (χ4n) is 7.83. The Morgan fingerprint density at radius 3 is 1.18 bits per heavy atom. The molecular weight excluding hydrogens is 1110 g/mol. The van der Waals surface area contributed by atoms with Gasteiger partial charge in [-0.1, -0.05) is 30.3 Å². The zero-order chi connectivity index (χ0) is 63.3. The van der Waals surface area contributed by atoms with Gasteiger partial charge in [0.05, 0.1) is 12.2 Å². The second-order valence-electron chi connectivity index (χ2n) is 20.8. The zero-order valence-corrected chi connectivity index (χ0v) is 49.2. The van der Waals surface area contributed by atoms with Crippen molar-refractivity contribution in [1.29, 1.82) is 0 Å². The van der Waals surface area contributed by atoms with E-state index < -0.39 is 182 Å². The molecule has 4 amide bonds. The molecule has 5 N–H and O–H groups in total. The van der Waals surface area contributed by atoms with E-state index in [1.54, 1.807) is 71.9 Å². The fourth-order valence-corrected chi connectivity index (χ4v) is 7.83. The Hall–Kier alpha value is -7.70. The van der Waals surface area contributed by atoms with E-state index >= 15 is 0 Å². The highest BCUT2D eigenvalue weighted by atomic mass is 16.7. The molecule has 2 aliphatic rings. The number of amides is 4. The maximum atomic E-state index is 13.3. The second-order valence-corrected chi connectivity index (χ2v) is 20.8. The molecule has 0 spiro atoms. The molecule has 30 nitrogen and oxygen atoms in total. The Morgan fingerprint density at radius 1 is 0.506 bits per heavy atom. The highest BCUT2D eigenvalue weighted by Gasteiger charge is 2.54. The van der Waals surface area contributed by atoms with Gasteiger partial charge in [0.2, 0.25) is 11.8 Å². The van der Waals surface area contributed by atoms with E-state index in [2.05, 4.69) is 21.3 Å². The van der Waals surface area contributed by atoms with Crippen molar-refractivity contribution in [1.82, 2.24) is 21.3 Å². The van der Waals surface area contributed by atoms with Crippen molar-refractivity contribution in [2.75, 3.05) is 13.2 Å². The Bertz CT molecular complexity index is 2430. The second kappa shape index (κ2) is 32.8. The highest BCUT2D eigenvalue weighted by Crippen LogP contribution is 2.31. The van der Waals surface area contributed by atoms with Crippen LogP contribution in [0.1, 0.15) is 116 Å². The summed E-state index contributed by atoms with van der Waals surface area (Å²) in [6.45, 7) is 20.4. The van der Waals surface area contributed by atoms with E-state index in [1.165, 1.54) is 20.8 Å². The molecular formula is C53H78N4O26. The van der Waals surface area contributed by atoms with Crippen molar-refractivity contribution < 1.29 is 124 Å². The number of alkyl carbamates (subject to hydrolysis) is 2. The number of carboxylic acid groups (broad SMARTS) is 1. The first kappa shape index (κ1) is 71.4. The summed E-state index contributed by atoms with van der Waals surface area (Å²) in [5, 5.41) is 19.4. The van der Waals surface area contributed by atoms with Crippen LogP contribution in [0.2, 0.25) is 0 Å². The molecule has 2 aliphatic heterocycles. The summed E-state index contributed by atoms with van der Waals surface area (Å²) < 4.78 is 71.2. The minimum absolute atomic E-state index is 0.115. The van der Waals surface area contributed by atoms with Gasteiger partial charge in [0.25, 0.3) is 0 Å². The summed E-state index contributed by atoms with van der Waals surface area (Å²) in [4.78, 5) is 145. The number of hydrogen-bond donors (Lipinski definition) is 5. The number of esters is 7. The number of carbonyl (C=O) groups excluding carboxylic acids is 11. The van der Waals surface area contributed by atoms with Crippen molar-refractivity contribution >= 4 is 71.8 Å². The number of aliphatic carboxylic acids is 1. The molecule has 2 saturated heterocycles. The summed E-state index contributed by atoms with van der Waals surface area (Å²) in [6.07, 6.45) is -15.5. The minimum atomic E-state index is -1.64. The molecule has 0 bridgehead atoms. The Morgan fingerprint density at radius 2 is 0.855 bits per heavy atom. The molecule has 4 unspecified atom stereocenters. The average Bonchev–Trinajstić information content (AvgIpc) is 3.46. The zero-order valence-electron chi connectivity index (χ0n) is 49.2. The lowest BCUT2D eigenvalue weighted by molar-refractivity contribution is -0.288. The average molecular weight is 1190 g/mol. The van der Waals surface area contributed by atoms with Crippen LogP contribution in [0.15, 0.2) is 30.3 Å². The van der Waals surface area contributed by atoms with Crippen LogP contribution in [0.4, 0.5) is 9.59 Å². The molecule has 0 radical (unpaired) electrons. The van der Waals surface area contributed by atoms with E-state index in [0.717, 1.165) is 48.5 Å². The number of benzene rings is 1. The smallest absolute Gasteiger partial charge is 0.408 e. The van der Waals surface area contributed by atoms with Gasteiger partial charge in [-0.15, -0.1) is 0 Å². The molecule has 1 aromatic rings. The van der Waals surface area contributed by atoms with E-state index in [1.807, 2.05) is 0 Å². The normalized spacial score (nSPS) is 23.5. The Balaban J connectivity index is 0.000000575. The Kier molecular flexibility index (Phi) is 28.2. The van der Waals surface area contributed by atoms with Crippen molar-refractivity contribution in [3.63, 3.8) is 0 Å². The molecule has 83 heavy (non-hydrogen) atoms. The van der Waals surface area contributed by atoms with Crippen LogP contribution in [0.25, 0.3) is 0 Å². The first-order valence-electron chi connectivity index (χ1n) is 25.9. The summed E-state index contributed by atoms with van der Waals surface area (Å²) in [6, 6.07) is 3.11. The standard InChI is InChI=1S/C30H42N2O13.C23H36N2O13/c1-16(23(32-29(38)45-30(6,7)8)27(37)40-14-21-12-10-9-11-13-21)41-28-24(31-17(2)33)26(43-20(5)36)25(42-19(4)35)22(44-28)15-39-18(3)34;1-10(16(20(30)31)25-22(32)38-23(6,7)8)34-21-17(24-11(2)26)19(36-14(5)29)18(35-13(4)28)15(37-21)9-33-12(3)27/h9-13,16,22-26,28H,14-15H2,1-8H3,(H,31,33)(H,32,38);10,15-19,21H,9H2,1-8H3,(H,24,26)(H,25,32)(H,30,31)/t16-,22?,23+,24?,25-,26-,28-;10-,15?,16+,17?,18-,19-,21-/m11/s1. The van der Waals surface area contributed by atoms with Gasteiger partial charge in [0.15, 0.2) is 49.1 Å². The van der Waals surface area contributed by atoms with Gasteiger partial charge in [-0.2, -0.15) is 0 Å². The van der Waals surface area contributed by atoms with Gasteiger partial charge in [-0.3, -0.25) is 38.4 Å². The van der Waals surface area contributed by atoms with Crippen LogP contribution >= 0.6 is 0 Å². The highest BCUT2D eigenvalue weighted by molar-refractivity contribution is 5.82. The van der Waals surface area contributed by atoms with E-state index in [9.17, 15) is 62.6 Å². The van der Waals surface area contributed by atoms with Crippen LogP contribution in [0, 0.1) is 0 Å². The monoisotopic (exact) mass is 1190 g/mol. The Labute approximate surface area is 479 Å². The largest absolute Gasteiger partial charge is 0.480 e. The lowest BCUT2D eigenvalue weighted by Gasteiger charge is -2.45. The topological polar surface area (TPSA) is 393 Å². The lowest BCUT2D eigenvalue weighted by atomic mass is 9.95. The fraction of sp³-hybridized carbons (Fsp3) is 0.660. The van der Waals surface area contributed by atoms with E-state index in [4.69, 9.17) is 61.6 Å². The van der Waals surface area contributed by atoms with Crippen molar-refractivity contribution in [3.05, 3.63) is 35.9 Å². The van der Waals surface area contributed by atoms with Crippen molar-refractivity contribution in [2.24, 2.45) is 0 Å². The van der Waals surface area contributed by atoms with Gasteiger partial charge >= 0.3 is 59.9 Å². The SMILES string of the molecule is CC(=O)NC1[C@H](O[C@H](C)[C@H](NC(=O)OC(C)(C)C)C(=O)O)OC(COC(C)=O)[C@@H](OC(C)=O)[C@@H]1OC(C)=O.CC(=O)NC1[C@H](O[C@H](C)[C@H](NC(=O)OC(C)(C)C)C(=O)OCc2ccccc2)OC(COC(C)=O)[C@@H](OC(C)=O)[C@@H]1OC(C)=O. The molecule has 14 atom stereocenters. The minimum Gasteiger partial charge on any atom is -0.480 e. The number of carboxylic acids is 1. The van der Waals surface area contributed by atoms with Crippen LogP contribution in [-0.2, 0) is 116 Å². The number of rotatable bonds is 22. The molecule has 0 aliphatic carbocycles. The summed E-state index contributed by atoms with van der Waals surface area (Å²) in [5.41, 5.74) is -1.12. The quantitative estimate of drug-likeness (QED) is 0.0815. The molecule has 1 aromatic carbocycles. The van der Waals surface area contributed by atoms with Crippen LogP contribution in [0.3, 0.4) is 0 Å². The van der Waals surface area contributed by atoms with E-state index in [0.29, 0.717) is 5.56 Å². The summed E-state index contributed by atoms with van der Waals surface area (Å²) in [7, 11) is 0. The molecule has 0 saturated carbocycles. The lowest BCUT2D eigenvalue weighted by Crippen LogP contribution is -2.67. The first-order valence-corrected chi connectivity index (χ1v) is 25.9. The number of carbonyl (C=O) groups is 12. The van der Waals surface area contributed by atoms with Crippen molar-refractivity contribution in [3.8, 4) is 0 Å². The number of hydrogen-bond acceptors (Lipinski definition) is 25. The predicted octanol–water partition coefficient (Wildman–Crippen LogP) is 1.71. The maximum Gasteiger partial charge on any atom is 0.408 e. The molecule has 2 heterocycles. The summed E-state index contributed by atoms with van der Waals surface area (Å²) in [5.74, 6) is -8.08. The van der Waals surface area contributed by atoms with Gasteiger partial charge < -0.3 is 88.0 Å². The maximum absolute atomic E-state index is 13.3. The van der Waals surface area contributed by atoms with Gasteiger partial charge in [0.1, 0.15) is 55.3 Å². The van der Waals surface area contributed by atoms with Crippen LogP contribution in [-0.4, -0.2) is 187 Å². The predicted molar refractivity (Wildman–Crippen MR) is 279 cm³/mol. The van der Waals surface area contributed by atoms with Gasteiger partial charge in [-0.05, 0) is 61.0 Å². The third-order valence-electron chi connectivity index (χ3n) is 10.9. The van der Waals surface area contributed by atoms with Gasteiger partial charge in [-0.25, -0.2) is 19.2 Å². The molecule has 2 fully saturated rings. The molecule has 466 valence electrons. The third kappa shape index (κ3) is 26.4. The number of nitrogens with one attached hydrogen (secondary N) is 4. The van der Waals surface area contributed by atoms with Crippen LogP contribution in [0.5, 0.6) is 0 Å². The first-order chi connectivity index (χ1) is 38.4.